The van der Waals surface area contributed by atoms with E-state index in [9.17, 15) is 19.2 Å². The van der Waals surface area contributed by atoms with E-state index in [4.69, 9.17) is 4.74 Å². The van der Waals surface area contributed by atoms with E-state index in [1.165, 1.54) is 11.0 Å². The third-order valence-electron chi connectivity index (χ3n) is 4.88. The minimum absolute atomic E-state index is 0.0506. The highest BCUT2D eigenvalue weighted by atomic mass is 16.5. The van der Waals surface area contributed by atoms with Gasteiger partial charge in [-0.2, -0.15) is 5.10 Å². The molecule has 0 fully saturated rings. The maximum Gasteiger partial charge on any atom is 0.408 e. The van der Waals surface area contributed by atoms with E-state index in [-0.39, 0.29) is 25.6 Å². The zero-order valence-corrected chi connectivity index (χ0v) is 17.9. The number of hydrogen-bond donors (Lipinski definition) is 3. The molecular formula is C21H26N6O5. The molecule has 11 nitrogen and oxygen atoms in total. The summed E-state index contributed by atoms with van der Waals surface area (Å²) in [6.07, 6.45) is 1.07. The lowest BCUT2D eigenvalue weighted by molar-refractivity contribution is -0.140. The number of ether oxygens (including phenoxy) is 1. The molecule has 2 unspecified atom stereocenters. The number of fused-ring (bicyclic) bond motifs is 2. The predicted octanol–water partition coefficient (Wildman–Crippen LogP) is -0.0447. The molecule has 1 aliphatic rings. The largest absolute Gasteiger partial charge is 0.445 e. The van der Waals surface area contributed by atoms with E-state index in [1.807, 2.05) is 30.3 Å². The van der Waals surface area contributed by atoms with Crippen LogP contribution in [0.3, 0.4) is 0 Å². The van der Waals surface area contributed by atoms with Gasteiger partial charge in [0.05, 0.1) is 6.54 Å². The van der Waals surface area contributed by atoms with Gasteiger partial charge in [0.1, 0.15) is 25.0 Å². The topological polar surface area (TPSA) is 144 Å². The fraction of sp³-hybridized carbons (Fsp3) is 0.429. The molecule has 3 rings (SSSR count). The molecule has 0 spiro atoms. The van der Waals surface area contributed by atoms with E-state index in [2.05, 4.69) is 26.0 Å². The monoisotopic (exact) mass is 442 g/mol. The highest BCUT2D eigenvalue weighted by Crippen LogP contribution is 2.07. The van der Waals surface area contributed by atoms with Crippen molar-refractivity contribution < 1.29 is 23.9 Å². The third-order valence-corrected chi connectivity index (χ3v) is 4.88. The number of rotatable bonds is 6. The van der Waals surface area contributed by atoms with Crippen LogP contribution in [0.5, 0.6) is 0 Å². The summed E-state index contributed by atoms with van der Waals surface area (Å²) in [6.45, 7) is 3.68. The molecule has 3 amide bonds. The van der Waals surface area contributed by atoms with Gasteiger partial charge in [-0.3, -0.25) is 19.1 Å². The first kappa shape index (κ1) is 22.9. The Morgan fingerprint density at radius 1 is 1.25 bits per heavy atom. The van der Waals surface area contributed by atoms with Gasteiger partial charge < -0.3 is 20.7 Å². The average Bonchev–Trinajstić information content (AvgIpc) is 3.21. The predicted molar refractivity (Wildman–Crippen MR) is 112 cm³/mol. The molecule has 0 aliphatic carbocycles. The SMILES string of the molecule is CC(C)C(NC(=O)OCc1ccccc1)C(=O)NC1Cn2cnc(n2)CCNC(=O)C1=O. The van der Waals surface area contributed by atoms with E-state index in [0.717, 1.165) is 5.56 Å². The third kappa shape index (κ3) is 6.13. The van der Waals surface area contributed by atoms with Crippen LogP contribution in [0.1, 0.15) is 25.2 Å². The highest BCUT2D eigenvalue weighted by Gasteiger charge is 2.32. The van der Waals surface area contributed by atoms with Crippen LogP contribution in [0.4, 0.5) is 4.79 Å². The number of amides is 3. The second-order valence-electron chi connectivity index (χ2n) is 7.74. The summed E-state index contributed by atoms with van der Waals surface area (Å²) in [6, 6.07) is 6.98. The van der Waals surface area contributed by atoms with Gasteiger partial charge in [0.25, 0.3) is 5.91 Å². The molecule has 1 aromatic carbocycles. The summed E-state index contributed by atoms with van der Waals surface area (Å²) >= 11 is 0. The lowest BCUT2D eigenvalue weighted by Gasteiger charge is -2.24. The normalized spacial score (nSPS) is 17.3. The first-order valence-electron chi connectivity index (χ1n) is 10.3. The molecule has 0 radical (unpaired) electrons. The number of carbonyl (C=O) groups is 4. The molecule has 1 aliphatic heterocycles. The number of nitrogens with one attached hydrogen (secondary N) is 3. The van der Waals surface area contributed by atoms with Gasteiger partial charge in [-0.05, 0) is 11.5 Å². The Morgan fingerprint density at radius 2 is 2.00 bits per heavy atom. The van der Waals surface area contributed by atoms with Gasteiger partial charge in [0.2, 0.25) is 11.7 Å². The molecule has 0 saturated carbocycles. The van der Waals surface area contributed by atoms with Crippen LogP contribution in [-0.4, -0.2) is 57.1 Å². The highest BCUT2D eigenvalue weighted by molar-refractivity contribution is 6.38. The molecule has 32 heavy (non-hydrogen) atoms. The number of Topliss-reactive ketones (excluding diaryl/α,β-unsaturated/α-hetero) is 1. The van der Waals surface area contributed by atoms with E-state index >= 15 is 0 Å². The summed E-state index contributed by atoms with van der Waals surface area (Å²) in [5.74, 6) is -1.99. The first-order chi connectivity index (χ1) is 15.3. The molecule has 170 valence electrons. The van der Waals surface area contributed by atoms with Gasteiger partial charge in [0.15, 0.2) is 5.82 Å². The quantitative estimate of drug-likeness (QED) is 0.532. The Kier molecular flexibility index (Phi) is 7.53. The van der Waals surface area contributed by atoms with Crippen LogP contribution in [0.25, 0.3) is 0 Å². The second kappa shape index (κ2) is 10.5. The molecule has 2 atom stereocenters. The van der Waals surface area contributed by atoms with Crippen LogP contribution in [0.15, 0.2) is 36.7 Å². The Balaban J connectivity index is 1.65. The molecular weight excluding hydrogens is 416 g/mol. The van der Waals surface area contributed by atoms with Crippen LogP contribution in [0, 0.1) is 5.92 Å². The molecule has 2 bridgehead atoms. The zero-order chi connectivity index (χ0) is 23.1. The average molecular weight is 442 g/mol. The Bertz CT molecular complexity index is 974. The number of hydrogen-bond acceptors (Lipinski definition) is 7. The van der Waals surface area contributed by atoms with Crippen molar-refractivity contribution in [2.45, 2.75) is 45.5 Å². The van der Waals surface area contributed by atoms with Gasteiger partial charge >= 0.3 is 6.09 Å². The van der Waals surface area contributed by atoms with Crippen molar-refractivity contribution in [1.82, 2.24) is 30.7 Å². The van der Waals surface area contributed by atoms with Crippen molar-refractivity contribution in [2.24, 2.45) is 5.92 Å². The van der Waals surface area contributed by atoms with Gasteiger partial charge in [-0.1, -0.05) is 44.2 Å². The first-order valence-corrected chi connectivity index (χ1v) is 10.3. The van der Waals surface area contributed by atoms with E-state index in [0.29, 0.717) is 12.2 Å². The summed E-state index contributed by atoms with van der Waals surface area (Å²) < 4.78 is 6.59. The van der Waals surface area contributed by atoms with E-state index in [1.54, 1.807) is 13.8 Å². The minimum atomic E-state index is -1.17. The summed E-state index contributed by atoms with van der Waals surface area (Å²) in [4.78, 5) is 54.0. The molecule has 0 saturated heterocycles. The maximum absolute atomic E-state index is 12.9. The van der Waals surface area contributed by atoms with Crippen molar-refractivity contribution in [2.75, 3.05) is 6.54 Å². The van der Waals surface area contributed by atoms with Crippen LogP contribution in [-0.2, 0) is 38.7 Å². The molecule has 3 N–H and O–H groups in total. The van der Waals surface area contributed by atoms with Gasteiger partial charge in [-0.15, -0.1) is 0 Å². The van der Waals surface area contributed by atoms with Gasteiger partial charge in [-0.25, -0.2) is 9.78 Å². The Morgan fingerprint density at radius 3 is 2.72 bits per heavy atom. The summed E-state index contributed by atoms with van der Waals surface area (Å²) in [5, 5.41) is 11.8. The lowest BCUT2D eigenvalue weighted by atomic mass is 10.0. The number of benzene rings is 1. The standard InChI is InChI=1S/C21H26N6O5/c1-13(2)17(25-21(31)32-11-14-6-4-3-5-7-14)19(29)24-15-10-27-12-23-16(26-27)8-9-22-20(30)18(15)28/h3-7,12-13,15,17H,8-11H2,1-2H3,(H,22,30)(H,24,29)(H,25,31). The van der Waals surface area contributed by atoms with Crippen molar-refractivity contribution in [3.05, 3.63) is 48.0 Å². The van der Waals surface area contributed by atoms with Crippen molar-refractivity contribution >= 4 is 23.7 Å². The number of ketones is 1. The van der Waals surface area contributed by atoms with E-state index < -0.39 is 35.8 Å². The second-order valence-corrected chi connectivity index (χ2v) is 7.74. The number of aromatic nitrogens is 3. The molecule has 1 aromatic heterocycles. The maximum atomic E-state index is 12.9. The van der Waals surface area contributed by atoms with Crippen LogP contribution < -0.4 is 16.0 Å². The Hall–Kier alpha value is -3.76. The van der Waals surface area contributed by atoms with Crippen molar-refractivity contribution in [3.8, 4) is 0 Å². The fourth-order valence-electron chi connectivity index (χ4n) is 3.14. The van der Waals surface area contributed by atoms with Crippen molar-refractivity contribution in [3.63, 3.8) is 0 Å². The Labute approximate surface area is 184 Å². The van der Waals surface area contributed by atoms with Gasteiger partial charge in [0, 0.05) is 13.0 Å². The molecule has 2 aromatic rings. The number of alkyl carbamates (subject to hydrolysis) is 1. The molecule has 11 heteroatoms. The minimum Gasteiger partial charge on any atom is -0.445 e. The smallest absolute Gasteiger partial charge is 0.408 e. The summed E-state index contributed by atoms with van der Waals surface area (Å²) in [7, 11) is 0. The number of carbonyl (C=O) groups excluding carboxylic acids is 4. The van der Waals surface area contributed by atoms with Crippen molar-refractivity contribution in [1.29, 1.82) is 0 Å². The lowest BCUT2D eigenvalue weighted by Crippen LogP contribution is -2.56. The number of nitrogens with zero attached hydrogens (tertiary/aromatic N) is 3. The van der Waals surface area contributed by atoms with Crippen LogP contribution >= 0.6 is 0 Å². The fourth-order valence-corrected chi connectivity index (χ4v) is 3.14. The summed E-state index contributed by atoms with van der Waals surface area (Å²) in [5.41, 5.74) is 0.804. The zero-order valence-electron chi connectivity index (χ0n) is 17.9. The van der Waals surface area contributed by atoms with Crippen LogP contribution in [0.2, 0.25) is 0 Å². The molecule has 2 heterocycles.